The fourth-order valence-electron chi connectivity index (χ4n) is 3.00. The maximum Gasteiger partial charge on any atom is 0.263 e. The van der Waals surface area contributed by atoms with Gasteiger partial charge in [-0.1, -0.05) is 12.1 Å². The number of benzene rings is 1. The third-order valence-corrected chi connectivity index (χ3v) is 5.56. The molecule has 1 aromatic carbocycles. The Morgan fingerprint density at radius 2 is 2.04 bits per heavy atom. The van der Waals surface area contributed by atoms with Gasteiger partial charge in [-0.2, -0.15) is 0 Å². The standard InChI is InChI=1S/C18H21FN2OS/c1-12(20)14-3-2-10-21(11-14)18(22)17-9-8-16(23-17)13-4-6-15(19)7-5-13/h4-9,12,14H,2-3,10-11,20H2,1H3. The first-order valence-electron chi connectivity index (χ1n) is 7.95. The summed E-state index contributed by atoms with van der Waals surface area (Å²) in [6.07, 6.45) is 2.10. The van der Waals surface area contributed by atoms with Gasteiger partial charge in [0, 0.05) is 24.0 Å². The molecule has 0 radical (unpaired) electrons. The van der Waals surface area contributed by atoms with Crippen LogP contribution in [0.15, 0.2) is 36.4 Å². The molecule has 2 unspecified atom stereocenters. The van der Waals surface area contributed by atoms with Crippen LogP contribution < -0.4 is 5.73 Å². The molecule has 1 amide bonds. The lowest BCUT2D eigenvalue weighted by molar-refractivity contribution is 0.0666. The number of rotatable bonds is 3. The van der Waals surface area contributed by atoms with Gasteiger partial charge in [-0.15, -0.1) is 11.3 Å². The van der Waals surface area contributed by atoms with Crippen LogP contribution >= 0.6 is 11.3 Å². The fraction of sp³-hybridized carbons (Fsp3) is 0.389. The van der Waals surface area contributed by atoms with Crippen molar-refractivity contribution in [3.63, 3.8) is 0 Å². The number of carbonyl (C=O) groups excluding carboxylic acids is 1. The van der Waals surface area contributed by atoms with Crippen LogP contribution in [-0.4, -0.2) is 29.9 Å². The molecule has 5 heteroatoms. The molecule has 1 fully saturated rings. The van der Waals surface area contributed by atoms with Crippen LogP contribution in [0.3, 0.4) is 0 Å². The lowest BCUT2D eigenvalue weighted by Crippen LogP contribution is -2.44. The van der Waals surface area contributed by atoms with Crippen LogP contribution in [0, 0.1) is 11.7 Å². The Morgan fingerprint density at radius 1 is 1.30 bits per heavy atom. The van der Waals surface area contributed by atoms with E-state index >= 15 is 0 Å². The van der Waals surface area contributed by atoms with Crippen molar-refractivity contribution >= 4 is 17.2 Å². The highest BCUT2D eigenvalue weighted by Gasteiger charge is 2.27. The molecule has 1 aliphatic rings. The molecule has 3 rings (SSSR count). The largest absolute Gasteiger partial charge is 0.338 e. The highest BCUT2D eigenvalue weighted by atomic mass is 32.1. The van der Waals surface area contributed by atoms with E-state index in [1.165, 1.54) is 23.5 Å². The summed E-state index contributed by atoms with van der Waals surface area (Å²) >= 11 is 1.46. The summed E-state index contributed by atoms with van der Waals surface area (Å²) in [5.41, 5.74) is 6.93. The number of thiophene rings is 1. The number of nitrogens with zero attached hydrogens (tertiary/aromatic N) is 1. The first-order valence-corrected chi connectivity index (χ1v) is 8.77. The molecule has 2 heterocycles. The third-order valence-electron chi connectivity index (χ3n) is 4.43. The van der Waals surface area contributed by atoms with Crippen molar-refractivity contribution < 1.29 is 9.18 Å². The van der Waals surface area contributed by atoms with E-state index in [-0.39, 0.29) is 17.8 Å². The predicted molar refractivity (Wildman–Crippen MR) is 92.0 cm³/mol. The maximum absolute atomic E-state index is 13.0. The lowest BCUT2D eigenvalue weighted by atomic mass is 9.92. The molecule has 2 atom stereocenters. The van der Waals surface area contributed by atoms with Gasteiger partial charge in [0.2, 0.25) is 0 Å². The summed E-state index contributed by atoms with van der Waals surface area (Å²) in [5.74, 6) is 0.204. The van der Waals surface area contributed by atoms with Crippen LogP contribution in [-0.2, 0) is 0 Å². The summed E-state index contributed by atoms with van der Waals surface area (Å²) in [6.45, 7) is 3.54. The van der Waals surface area contributed by atoms with E-state index in [2.05, 4.69) is 0 Å². The molecule has 0 bridgehead atoms. The number of carbonyl (C=O) groups is 1. The van der Waals surface area contributed by atoms with Crippen molar-refractivity contribution in [3.05, 3.63) is 47.1 Å². The topological polar surface area (TPSA) is 46.3 Å². The number of piperidine rings is 1. The average Bonchev–Trinajstić information content (AvgIpc) is 3.05. The number of hydrogen-bond donors (Lipinski definition) is 1. The first kappa shape index (κ1) is 16.1. The van der Waals surface area contributed by atoms with Gasteiger partial charge in [0.05, 0.1) is 4.88 Å². The first-order chi connectivity index (χ1) is 11.0. The smallest absolute Gasteiger partial charge is 0.263 e. The highest BCUT2D eigenvalue weighted by Crippen LogP contribution is 2.30. The third kappa shape index (κ3) is 3.62. The molecule has 3 nitrogen and oxygen atoms in total. The normalized spacial score (nSPS) is 19.6. The van der Waals surface area contributed by atoms with Crippen LogP contribution in [0.2, 0.25) is 0 Å². The highest BCUT2D eigenvalue weighted by molar-refractivity contribution is 7.17. The summed E-state index contributed by atoms with van der Waals surface area (Å²) in [5, 5.41) is 0. The molecular weight excluding hydrogens is 311 g/mol. The minimum absolute atomic E-state index is 0.0775. The van der Waals surface area contributed by atoms with E-state index < -0.39 is 0 Å². The van der Waals surface area contributed by atoms with Gasteiger partial charge in [-0.3, -0.25) is 4.79 Å². The monoisotopic (exact) mass is 332 g/mol. The lowest BCUT2D eigenvalue weighted by Gasteiger charge is -2.34. The van der Waals surface area contributed by atoms with E-state index in [4.69, 9.17) is 5.73 Å². The molecule has 0 spiro atoms. The van der Waals surface area contributed by atoms with Crippen LogP contribution in [0.4, 0.5) is 4.39 Å². The molecule has 1 aromatic heterocycles. The second kappa shape index (κ2) is 6.81. The summed E-state index contributed by atoms with van der Waals surface area (Å²) < 4.78 is 13.0. The molecule has 0 aliphatic carbocycles. The van der Waals surface area contributed by atoms with Crippen LogP contribution in [0.25, 0.3) is 10.4 Å². The molecule has 0 saturated carbocycles. The zero-order chi connectivity index (χ0) is 16.4. The number of nitrogens with two attached hydrogens (primary N) is 1. The number of amides is 1. The molecule has 2 aromatic rings. The zero-order valence-electron chi connectivity index (χ0n) is 13.2. The molecule has 2 N–H and O–H groups in total. The van der Waals surface area contributed by atoms with Crippen molar-refractivity contribution in [2.75, 3.05) is 13.1 Å². The van der Waals surface area contributed by atoms with E-state index in [1.54, 1.807) is 12.1 Å². The fourth-order valence-corrected chi connectivity index (χ4v) is 3.98. The summed E-state index contributed by atoms with van der Waals surface area (Å²) in [7, 11) is 0. The van der Waals surface area contributed by atoms with Crippen LogP contribution in [0.1, 0.15) is 29.4 Å². The summed E-state index contributed by atoms with van der Waals surface area (Å²) in [4.78, 5) is 16.3. The molecular formula is C18H21FN2OS. The van der Waals surface area contributed by atoms with Crippen LogP contribution in [0.5, 0.6) is 0 Å². The Bertz CT molecular complexity index is 681. The Morgan fingerprint density at radius 3 is 2.74 bits per heavy atom. The SMILES string of the molecule is CC(N)C1CCCN(C(=O)c2ccc(-c3ccc(F)cc3)s2)C1. The van der Waals surface area contributed by atoms with Gasteiger partial charge in [-0.25, -0.2) is 4.39 Å². The van der Waals surface area contributed by atoms with Gasteiger partial charge in [-0.05, 0) is 55.5 Å². The van der Waals surface area contributed by atoms with Crippen molar-refractivity contribution in [3.8, 4) is 10.4 Å². The molecule has 23 heavy (non-hydrogen) atoms. The Labute approximate surface area is 139 Å². The van der Waals surface area contributed by atoms with E-state index in [1.807, 2.05) is 24.0 Å². The van der Waals surface area contributed by atoms with E-state index in [9.17, 15) is 9.18 Å². The minimum Gasteiger partial charge on any atom is -0.338 e. The minimum atomic E-state index is -0.253. The Balaban J connectivity index is 1.74. The van der Waals surface area contributed by atoms with E-state index in [0.717, 1.165) is 41.2 Å². The number of hydrogen-bond acceptors (Lipinski definition) is 3. The second-order valence-corrected chi connectivity index (χ2v) is 7.27. The summed E-state index contributed by atoms with van der Waals surface area (Å²) in [6, 6.07) is 10.3. The van der Waals surface area contributed by atoms with Gasteiger partial charge < -0.3 is 10.6 Å². The molecule has 122 valence electrons. The quantitative estimate of drug-likeness (QED) is 0.930. The van der Waals surface area contributed by atoms with E-state index in [0.29, 0.717) is 5.92 Å². The van der Waals surface area contributed by atoms with Gasteiger partial charge in [0.15, 0.2) is 0 Å². The number of likely N-dealkylation sites (tertiary alicyclic amines) is 1. The molecule has 1 aliphatic heterocycles. The maximum atomic E-state index is 13.0. The Kier molecular flexibility index (Phi) is 4.78. The number of halogens is 1. The molecule has 1 saturated heterocycles. The van der Waals surface area contributed by atoms with Crippen molar-refractivity contribution in [2.24, 2.45) is 11.7 Å². The van der Waals surface area contributed by atoms with Gasteiger partial charge >= 0.3 is 0 Å². The van der Waals surface area contributed by atoms with Gasteiger partial charge in [0.25, 0.3) is 5.91 Å². The predicted octanol–water partition coefficient (Wildman–Crippen LogP) is 3.75. The van der Waals surface area contributed by atoms with Crippen molar-refractivity contribution in [1.82, 2.24) is 4.90 Å². The average molecular weight is 332 g/mol. The zero-order valence-corrected chi connectivity index (χ0v) is 14.0. The van der Waals surface area contributed by atoms with Crippen molar-refractivity contribution in [1.29, 1.82) is 0 Å². The van der Waals surface area contributed by atoms with Gasteiger partial charge in [0.1, 0.15) is 5.82 Å². The Hall–Kier alpha value is -1.72. The van der Waals surface area contributed by atoms with Crippen molar-refractivity contribution in [2.45, 2.75) is 25.8 Å². The second-order valence-electron chi connectivity index (χ2n) is 6.18.